The maximum absolute atomic E-state index is 10.6. The summed E-state index contributed by atoms with van der Waals surface area (Å²) in [5, 5.41) is 16.7. The Morgan fingerprint density at radius 3 is 3.25 bits per heavy atom. The van der Waals surface area contributed by atoms with Gasteiger partial charge in [0.2, 0.25) is 0 Å². The lowest BCUT2D eigenvalue weighted by Gasteiger charge is -2.13. The fourth-order valence-corrected chi connectivity index (χ4v) is 2.07. The largest absolute Gasteiger partial charge is 0.396 e. The van der Waals surface area contributed by atoms with Crippen LogP contribution in [0, 0.1) is 0 Å². The Labute approximate surface area is 94.5 Å². The highest BCUT2D eigenvalue weighted by molar-refractivity contribution is 5.51. The molecule has 5 nitrogen and oxygen atoms in total. The monoisotopic (exact) mass is 223 g/mol. The predicted molar refractivity (Wildman–Crippen MR) is 59.1 cm³/mol. The van der Waals surface area contributed by atoms with Crippen LogP contribution in [0.2, 0.25) is 0 Å². The molecule has 0 bridgehead atoms. The second-order valence-corrected chi connectivity index (χ2v) is 4.07. The molecular formula is C11H17N3O2. The van der Waals surface area contributed by atoms with Crippen LogP contribution >= 0.6 is 0 Å². The van der Waals surface area contributed by atoms with E-state index in [0.717, 1.165) is 37.3 Å². The average molecular weight is 223 g/mol. The molecule has 16 heavy (non-hydrogen) atoms. The Balaban J connectivity index is 2.16. The zero-order valence-electron chi connectivity index (χ0n) is 9.22. The number of hydrogen-bond acceptors (Lipinski definition) is 4. The summed E-state index contributed by atoms with van der Waals surface area (Å²) in [6, 6.07) is 2.04. The van der Waals surface area contributed by atoms with Gasteiger partial charge in [-0.2, -0.15) is 5.10 Å². The first-order valence-electron chi connectivity index (χ1n) is 5.67. The maximum Gasteiger partial charge on any atom is 0.120 e. The fraction of sp³-hybridized carbons (Fsp3) is 0.636. The lowest BCUT2D eigenvalue weighted by atomic mass is 9.98. The van der Waals surface area contributed by atoms with Crippen molar-refractivity contribution in [3.63, 3.8) is 0 Å². The fourth-order valence-electron chi connectivity index (χ4n) is 2.07. The molecule has 2 rings (SSSR count). The molecular weight excluding hydrogens is 206 g/mol. The number of hydrogen-bond donors (Lipinski definition) is 2. The van der Waals surface area contributed by atoms with Crippen molar-refractivity contribution in [2.24, 2.45) is 0 Å². The minimum Gasteiger partial charge on any atom is -0.396 e. The summed E-state index contributed by atoms with van der Waals surface area (Å²) in [6.45, 7) is 2.74. The van der Waals surface area contributed by atoms with Gasteiger partial charge in [-0.15, -0.1) is 0 Å². The molecule has 1 unspecified atom stereocenters. The van der Waals surface area contributed by atoms with Crippen molar-refractivity contribution in [2.75, 3.05) is 13.2 Å². The normalized spacial score (nSPS) is 16.8. The smallest absolute Gasteiger partial charge is 0.120 e. The van der Waals surface area contributed by atoms with E-state index in [9.17, 15) is 4.79 Å². The number of aldehydes is 1. The van der Waals surface area contributed by atoms with Gasteiger partial charge in [0.05, 0.1) is 17.9 Å². The lowest BCUT2D eigenvalue weighted by molar-refractivity contribution is -0.108. The third kappa shape index (κ3) is 2.31. The first-order valence-corrected chi connectivity index (χ1v) is 5.67. The molecule has 0 aliphatic carbocycles. The van der Waals surface area contributed by atoms with Crippen LogP contribution in [0.4, 0.5) is 0 Å². The molecule has 1 aromatic rings. The van der Waals surface area contributed by atoms with Gasteiger partial charge in [-0.25, -0.2) is 0 Å². The van der Waals surface area contributed by atoms with Gasteiger partial charge in [-0.3, -0.25) is 4.68 Å². The van der Waals surface area contributed by atoms with Gasteiger partial charge < -0.3 is 15.2 Å². The summed E-state index contributed by atoms with van der Waals surface area (Å²) in [6.07, 6.45) is 1.93. The summed E-state index contributed by atoms with van der Waals surface area (Å²) in [7, 11) is 0. The van der Waals surface area contributed by atoms with Crippen LogP contribution in [0.15, 0.2) is 6.07 Å². The number of carbonyl (C=O) groups is 1. The van der Waals surface area contributed by atoms with Gasteiger partial charge >= 0.3 is 0 Å². The van der Waals surface area contributed by atoms with E-state index in [1.807, 2.05) is 10.7 Å². The van der Waals surface area contributed by atoms with Crippen molar-refractivity contribution in [2.45, 2.75) is 31.8 Å². The zero-order chi connectivity index (χ0) is 11.4. The molecule has 1 atom stereocenters. The molecule has 0 spiro atoms. The average Bonchev–Trinajstić information content (AvgIpc) is 2.72. The molecule has 2 heterocycles. The van der Waals surface area contributed by atoms with Crippen LogP contribution in [0.5, 0.6) is 0 Å². The second-order valence-electron chi connectivity index (χ2n) is 4.07. The maximum atomic E-state index is 10.6. The van der Waals surface area contributed by atoms with Crippen molar-refractivity contribution in [3.05, 3.63) is 17.5 Å². The zero-order valence-corrected chi connectivity index (χ0v) is 9.22. The van der Waals surface area contributed by atoms with E-state index in [0.29, 0.717) is 12.8 Å². The molecule has 5 heteroatoms. The SMILES string of the molecule is O=CCC(CCO)c1cc2n(n1)CCNC2. The van der Waals surface area contributed by atoms with Gasteiger partial charge in [-0.05, 0) is 12.5 Å². The highest BCUT2D eigenvalue weighted by Gasteiger charge is 2.18. The van der Waals surface area contributed by atoms with Gasteiger partial charge in [0.15, 0.2) is 0 Å². The molecule has 88 valence electrons. The van der Waals surface area contributed by atoms with E-state index >= 15 is 0 Å². The first-order chi connectivity index (χ1) is 7.85. The Kier molecular flexibility index (Phi) is 3.69. The van der Waals surface area contributed by atoms with Gasteiger partial charge in [0, 0.05) is 32.0 Å². The molecule has 1 aliphatic rings. The van der Waals surface area contributed by atoms with Crippen molar-refractivity contribution >= 4 is 6.29 Å². The van der Waals surface area contributed by atoms with E-state index in [1.54, 1.807) is 0 Å². The second kappa shape index (κ2) is 5.23. The Hall–Kier alpha value is -1.20. The number of rotatable bonds is 5. The number of fused-ring (bicyclic) bond motifs is 1. The Morgan fingerprint density at radius 2 is 2.56 bits per heavy atom. The number of nitrogens with one attached hydrogen (secondary N) is 1. The Bertz CT molecular complexity index is 339. The summed E-state index contributed by atoms with van der Waals surface area (Å²) in [4.78, 5) is 10.6. The van der Waals surface area contributed by atoms with Crippen molar-refractivity contribution in [1.29, 1.82) is 0 Å². The van der Waals surface area contributed by atoms with Crippen molar-refractivity contribution < 1.29 is 9.90 Å². The van der Waals surface area contributed by atoms with Gasteiger partial charge in [-0.1, -0.05) is 0 Å². The molecule has 0 saturated carbocycles. The molecule has 0 aromatic carbocycles. The van der Waals surface area contributed by atoms with E-state index in [4.69, 9.17) is 5.11 Å². The van der Waals surface area contributed by atoms with Crippen molar-refractivity contribution in [3.8, 4) is 0 Å². The van der Waals surface area contributed by atoms with Crippen LogP contribution in [0.3, 0.4) is 0 Å². The van der Waals surface area contributed by atoms with Crippen LogP contribution in [0.1, 0.15) is 30.1 Å². The van der Waals surface area contributed by atoms with E-state index in [-0.39, 0.29) is 12.5 Å². The summed E-state index contributed by atoms with van der Waals surface area (Å²) in [5.74, 6) is 0.0561. The molecule has 1 aromatic heterocycles. The molecule has 0 fully saturated rings. The summed E-state index contributed by atoms with van der Waals surface area (Å²) < 4.78 is 1.99. The van der Waals surface area contributed by atoms with E-state index in [2.05, 4.69) is 10.4 Å². The highest BCUT2D eigenvalue weighted by Crippen LogP contribution is 2.22. The lowest BCUT2D eigenvalue weighted by Crippen LogP contribution is -2.28. The number of aliphatic hydroxyl groups excluding tert-OH is 1. The molecule has 0 amide bonds. The molecule has 2 N–H and O–H groups in total. The molecule has 0 saturated heterocycles. The minimum atomic E-state index is 0.0561. The Morgan fingerprint density at radius 1 is 1.69 bits per heavy atom. The minimum absolute atomic E-state index is 0.0561. The quantitative estimate of drug-likeness (QED) is 0.692. The third-order valence-electron chi connectivity index (χ3n) is 2.97. The number of aromatic nitrogens is 2. The molecule has 1 aliphatic heterocycles. The summed E-state index contributed by atoms with van der Waals surface area (Å²) >= 11 is 0. The van der Waals surface area contributed by atoms with Gasteiger partial charge in [0.25, 0.3) is 0 Å². The first kappa shape index (κ1) is 11.3. The summed E-state index contributed by atoms with van der Waals surface area (Å²) in [5.41, 5.74) is 2.09. The topological polar surface area (TPSA) is 67.1 Å². The number of aliphatic hydroxyl groups is 1. The number of carbonyl (C=O) groups excluding carboxylic acids is 1. The number of nitrogens with zero attached hydrogens (tertiary/aromatic N) is 2. The van der Waals surface area contributed by atoms with Crippen LogP contribution in [0.25, 0.3) is 0 Å². The van der Waals surface area contributed by atoms with Crippen molar-refractivity contribution in [1.82, 2.24) is 15.1 Å². The highest BCUT2D eigenvalue weighted by atomic mass is 16.3. The van der Waals surface area contributed by atoms with E-state index in [1.165, 1.54) is 0 Å². The van der Waals surface area contributed by atoms with Crippen LogP contribution in [-0.2, 0) is 17.9 Å². The molecule has 0 radical (unpaired) electrons. The predicted octanol–water partition coefficient (Wildman–Crippen LogP) is 0.0413. The van der Waals surface area contributed by atoms with Crippen LogP contribution in [-0.4, -0.2) is 34.3 Å². The van der Waals surface area contributed by atoms with Crippen LogP contribution < -0.4 is 5.32 Å². The van der Waals surface area contributed by atoms with Gasteiger partial charge in [0.1, 0.15) is 6.29 Å². The standard InChI is InChI=1S/C11H17N3O2/c15-5-1-9(2-6-16)11-7-10-8-12-3-4-14(10)13-11/h5,7,9,12,16H,1-4,6,8H2. The third-order valence-corrected chi connectivity index (χ3v) is 2.97. The van der Waals surface area contributed by atoms with E-state index < -0.39 is 0 Å².